The van der Waals surface area contributed by atoms with Crippen molar-refractivity contribution in [3.63, 3.8) is 0 Å². The number of rotatable bonds is 4. The van der Waals surface area contributed by atoms with Gasteiger partial charge in [-0.2, -0.15) is 0 Å². The monoisotopic (exact) mass is 440 g/mol. The number of imide groups is 2. The number of nitrogens with one attached hydrogen (secondary N) is 3. The molecule has 3 saturated heterocycles. The van der Waals surface area contributed by atoms with E-state index in [4.69, 9.17) is 4.74 Å². The summed E-state index contributed by atoms with van der Waals surface area (Å²) in [5.41, 5.74) is 1.78. The molecule has 170 valence electrons. The smallest absolute Gasteiger partial charge is 0.262 e. The highest BCUT2D eigenvalue weighted by Crippen LogP contribution is 2.39. The Hall–Kier alpha value is -2.62. The molecule has 2 unspecified atom stereocenters. The van der Waals surface area contributed by atoms with E-state index in [9.17, 15) is 19.2 Å². The van der Waals surface area contributed by atoms with Crippen LogP contribution < -0.4 is 16.0 Å². The van der Waals surface area contributed by atoms with Gasteiger partial charge in [0.1, 0.15) is 6.04 Å². The Morgan fingerprint density at radius 2 is 1.84 bits per heavy atom. The van der Waals surface area contributed by atoms with Crippen molar-refractivity contribution >= 4 is 23.6 Å². The van der Waals surface area contributed by atoms with Crippen LogP contribution in [-0.4, -0.2) is 66.9 Å². The first-order valence-electron chi connectivity index (χ1n) is 11.3. The second-order valence-electron chi connectivity index (χ2n) is 9.19. The number of carbonyl (C=O) groups excluding carboxylic acids is 4. The summed E-state index contributed by atoms with van der Waals surface area (Å²) in [5.74, 6) is -1.92. The molecule has 4 aliphatic heterocycles. The molecule has 5 rings (SSSR count). The van der Waals surface area contributed by atoms with Gasteiger partial charge in [-0.1, -0.05) is 6.07 Å². The highest BCUT2D eigenvalue weighted by Gasteiger charge is 2.45. The molecular weight excluding hydrogens is 412 g/mol. The molecule has 9 heteroatoms. The molecule has 4 amide bonds. The van der Waals surface area contributed by atoms with Gasteiger partial charge in [-0.05, 0) is 55.3 Å². The third kappa shape index (κ3) is 3.64. The number of carbonyl (C=O) groups is 4. The number of hydrogen-bond acceptors (Lipinski definition) is 7. The molecule has 0 aromatic heterocycles. The predicted molar refractivity (Wildman–Crippen MR) is 114 cm³/mol. The first-order chi connectivity index (χ1) is 15.5. The van der Waals surface area contributed by atoms with Gasteiger partial charge in [0.05, 0.1) is 11.1 Å². The minimum atomic E-state index is -0.941. The molecule has 32 heavy (non-hydrogen) atoms. The highest BCUT2D eigenvalue weighted by molar-refractivity contribution is 6.23. The number of nitrogens with zero attached hydrogens (tertiary/aromatic N) is 1. The predicted octanol–water partition coefficient (Wildman–Crippen LogP) is 0.336. The van der Waals surface area contributed by atoms with Crippen molar-refractivity contribution in [2.75, 3.05) is 26.3 Å². The minimum Gasteiger partial charge on any atom is -0.381 e. The van der Waals surface area contributed by atoms with E-state index in [-0.39, 0.29) is 24.2 Å². The van der Waals surface area contributed by atoms with Crippen LogP contribution in [0.1, 0.15) is 58.4 Å². The number of ether oxygens (including phenoxy) is 1. The molecule has 0 saturated carbocycles. The quantitative estimate of drug-likeness (QED) is 0.578. The highest BCUT2D eigenvalue weighted by atomic mass is 16.5. The maximum atomic E-state index is 13.0. The number of hydrogen-bond donors (Lipinski definition) is 3. The molecular formula is C23H28N4O5. The molecule has 0 aliphatic carbocycles. The van der Waals surface area contributed by atoms with Crippen molar-refractivity contribution in [1.29, 1.82) is 0 Å². The van der Waals surface area contributed by atoms with Gasteiger partial charge >= 0.3 is 0 Å². The van der Waals surface area contributed by atoms with E-state index in [2.05, 4.69) is 16.0 Å². The lowest BCUT2D eigenvalue weighted by molar-refractivity contribution is -0.136. The molecule has 0 radical (unpaired) electrons. The summed E-state index contributed by atoms with van der Waals surface area (Å²) in [7, 11) is 0. The van der Waals surface area contributed by atoms with Gasteiger partial charge in [-0.15, -0.1) is 0 Å². The fraction of sp³-hybridized carbons (Fsp3) is 0.565. The van der Waals surface area contributed by atoms with Crippen molar-refractivity contribution < 1.29 is 23.9 Å². The minimum absolute atomic E-state index is 0.112. The normalized spacial score (nSPS) is 27.6. The Morgan fingerprint density at radius 1 is 1.06 bits per heavy atom. The van der Waals surface area contributed by atoms with Gasteiger partial charge in [-0.25, -0.2) is 0 Å². The Bertz CT molecular complexity index is 963. The Labute approximate surface area is 186 Å². The Morgan fingerprint density at radius 3 is 2.62 bits per heavy atom. The van der Waals surface area contributed by atoms with Gasteiger partial charge in [0.25, 0.3) is 11.8 Å². The molecule has 0 bridgehead atoms. The number of fused-ring (bicyclic) bond motifs is 1. The van der Waals surface area contributed by atoms with Crippen LogP contribution in [0.25, 0.3) is 0 Å². The molecule has 2 atom stereocenters. The summed E-state index contributed by atoms with van der Waals surface area (Å²) in [5, 5.41) is 9.37. The van der Waals surface area contributed by atoms with Crippen LogP contribution in [0.4, 0.5) is 0 Å². The summed E-state index contributed by atoms with van der Waals surface area (Å²) in [6, 6.07) is 4.65. The molecule has 4 heterocycles. The topological polar surface area (TPSA) is 117 Å². The van der Waals surface area contributed by atoms with Crippen LogP contribution >= 0.6 is 0 Å². The van der Waals surface area contributed by atoms with Crippen LogP contribution in [0.15, 0.2) is 18.2 Å². The van der Waals surface area contributed by atoms with E-state index in [1.165, 1.54) is 0 Å². The fourth-order valence-electron chi connectivity index (χ4n) is 5.51. The Balaban J connectivity index is 1.30. The Kier molecular flexibility index (Phi) is 5.56. The fourth-order valence-corrected chi connectivity index (χ4v) is 5.51. The van der Waals surface area contributed by atoms with Gasteiger partial charge in [0, 0.05) is 38.8 Å². The SMILES string of the molecule is O=C1CCC(N2C(=O)c3ccc(CNC4CNCCC45CCOCC5)cc3C2=O)C(=O)N1. The first kappa shape index (κ1) is 21.2. The van der Waals surface area contributed by atoms with Crippen LogP contribution in [0.5, 0.6) is 0 Å². The van der Waals surface area contributed by atoms with E-state index in [1.807, 2.05) is 6.07 Å². The zero-order valence-electron chi connectivity index (χ0n) is 17.9. The summed E-state index contributed by atoms with van der Waals surface area (Å²) in [6.07, 6.45) is 3.48. The van der Waals surface area contributed by atoms with Crippen molar-refractivity contribution in [2.45, 2.75) is 50.7 Å². The lowest BCUT2D eigenvalue weighted by Crippen LogP contribution is -2.57. The number of piperidine rings is 2. The lowest BCUT2D eigenvalue weighted by atomic mass is 9.69. The van der Waals surface area contributed by atoms with Gasteiger partial charge in [0.2, 0.25) is 11.8 Å². The summed E-state index contributed by atoms with van der Waals surface area (Å²) < 4.78 is 5.58. The number of benzene rings is 1. The largest absolute Gasteiger partial charge is 0.381 e. The van der Waals surface area contributed by atoms with Crippen LogP contribution in [0.3, 0.4) is 0 Å². The van der Waals surface area contributed by atoms with E-state index in [0.717, 1.165) is 56.0 Å². The summed E-state index contributed by atoms with van der Waals surface area (Å²) >= 11 is 0. The van der Waals surface area contributed by atoms with E-state index >= 15 is 0 Å². The zero-order chi connectivity index (χ0) is 22.3. The summed E-state index contributed by atoms with van der Waals surface area (Å²) in [4.78, 5) is 50.6. The van der Waals surface area contributed by atoms with Gasteiger partial charge < -0.3 is 15.4 Å². The second kappa shape index (κ2) is 8.38. The third-order valence-electron chi connectivity index (χ3n) is 7.43. The molecule has 1 aromatic carbocycles. The van der Waals surface area contributed by atoms with E-state index in [1.54, 1.807) is 12.1 Å². The van der Waals surface area contributed by atoms with E-state index in [0.29, 0.717) is 23.7 Å². The lowest BCUT2D eigenvalue weighted by Gasteiger charge is -2.47. The molecule has 9 nitrogen and oxygen atoms in total. The third-order valence-corrected chi connectivity index (χ3v) is 7.43. The zero-order valence-corrected chi connectivity index (χ0v) is 17.9. The molecule has 4 aliphatic rings. The van der Waals surface area contributed by atoms with Crippen LogP contribution in [0, 0.1) is 5.41 Å². The van der Waals surface area contributed by atoms with Crippen LogP contribution in [-0.2, 0) is 20.9 Å². The van der Waals surface area contributed by atoms with Crippen molar-refractivity contribution in [1.82, 2.24) is 20.9 Å². The summed E-state index contributed by atoms with van der Waals surface area (Å²) in [6.45, 7) is 4.09. The molecule has 1 spiro atoms. The van der Waals surface area contributed by atoms with Gasteiger partial charge in [-0.3, -0.25) is 29.4 Å². The van der Waals surface area contributed by atoms with Crippen LogP contribution in [0.2, 0.25) is 0 Å². The van der Waals surface area contributed by atoms with Gasteiger partial charge in [0.15, 0.2) is 0 Å². The molecule has 3 N–H and O–H groups in total. The maximum Gasteiger partial charge on any atom is 0.262 e. The molecule has 1 aromatic rings. The number of amides is 4. The van der Waals surface area contributed by atoms with E-state index < -0.39 is 23.8 Å². The van der Waals surface area contributed by atoms with Crippen molar-refractivity contribution in [3.05, 3.63) is 34.9 Å². The standard InChI is InChI=1S/C23H28N4O5/c28-19-4-3-17(20(29)26-19)27-21(30)15-2-1-14(11-16(15)22(27)31)12-25-18-13-24-8-5-23(18)6-9-32-10-7-23/h1-2,11,17-18,24-25H,3-10,12-13H2,(H,26,28,29). The average Bonchev–Trinajstić information content (AvgIpc) is 3.04. The van der Waals surface area contributed by atoms with Crippen molar-refractivity contribution in [2.24, 2.45) is 5.41 Å². The average molecular weight is 441 g/mol. The van der Waals surface area contributed by atoms with Crippen molar-refractivity contribution in [3.8, 4) is 0 Å². The maximum absolute atomic E-state index is 13.0. The first-order valence-corrected chi connectivity index (χ1v) is 11.3. The molecule has 3 fully saturated rings. The second-order valence-corrected chi connectivity index (χ2v) is 9.19.